The predicted octanol–water partition coefficient (Wildman–Crippen LogP) is 3.14. The molecular formula is C22H24N4O3. The van der Waals surface area contributed by atoms with Crippen LogP contribution in [0.3, 0.4) is 0 Å². The molecule has 29 heavy (non-hydrogen) atoms. The molecule has 2 saturated carbocycles. The van der Waals surface area contributed by atoms with Gasteiger partial charge in [0.1, 0.15) is 0 Å². The maximum atomic E-state index is 12.2. The first-order chi connectivity index (χ1) is 14.2. The van der Waals surface area contributed by atoms with Crippen molar-refractivity contribution >= 4 is 24.2 Å². The van der Waals surface area contributed by atoms with Crippen LogP contribution in [0.2, 0.25) is 0 Å². The SMILES string of the molecule is O=C(N/N=C\[C@@H]1C[C@@H]2C=C[C@@H]1C2)c1ccc(C(=O)N/N=C\[C@@H]2C[C@@H]3C=C[C@@H]2C3)o1. The van der Waals surface area contributed by atoms with Gasteiger partial charge in [0.2, 0.25) is 0 Å². The van der Waals surface area contributed by atoms with Gasteiger partial charge in [0.05, 0.1) is 0 Å². The molecule has 5 rings (SSSR count). The Bertz CT molecular complexity index is 856. The Hall–Kier alpha value is -2.96. The number of carbonyl (C=O) groups excluding carboxylic acids is 2. The van der Waals surface area contributed by atoms with Gasteiger partial charge >= 0.3 is 11.8 Å². The lowest BCUT2D eigenvalue weighted by molar-refractivity contribution is 0.0902. The fourth-order valence-corrected chi connectivity index (χ4v) is 5.06. The van der Waals surface area contributed by atoms with E-state index in [2.05, 4.69) is 45.4 Å². The lowest BCUT2D eigenvalue weighted by atomic mass is 9.95. The Labute approximate surface area is 169 Å². The number of fused-ring (bicyclic) bond motifs is 4. The smallest absolute Gasteiger partial charge is 0.307 e. The minimum absolute atomic E-state index is 0.0438. The van der Waals surface area contributed by atoms with Gasteiger partial charge in [0.25, 0.3) is 0 Å². The zero-order valence-electron chi connectivity index (χ0n) is 16.0. The summed E-state index contributed by atoms with van der Waals surface area (Å²) in [6.45, 7) is 0. The molecule has 0 aliphatic heterocycles. The van der Waals surface area contributed by atoms with Gasteiger partial charge in [0.15, 0.2) is 11.5 Å². The molecule has 6 atom stereocenters. The highest BCUT2D eigenvalue weighted by molar-refractivity contribution is 5.95. The van der Waals surface area contributed by atoms with Crippen molar-refractivity contribution in [3.63, 3.8) is 0 Å². The highest BCUT2D eigenvalue weighted by Gasteiger charge is 2.35. The number of furan rings is 1. The molecule has 1 aromatic heterocycles. The van der Waals surface area contributed by atoms with E-state index in [0.29, 0.717) is 35.5 Å². The van der Waals surface area contributed by atoms with Crippen LogP contribution in [0.15, 0.2) is 51.1 Å². The maximum absolute atomic E-state index is 12.2. The van der Waals surface area contributed by atoms with Gasteiger partial charge in [0, 0.05) is 24.3 Å². The van der Waals surface area contributed by atoms with Crippen LogP contribution in [0.4, 0.5) is 0 Å². The van der Waals surface area contributed by atoms with E-state index in [4.69, 9.17) is 4.42 Å². The summed E-state index contributed by atoms with van der Waals surface area (Å²) in [6, 6.07) is 2.93. The first kappa shape index (κ1) is 18.1. The highest BCUT2D eigenvalue weighted by atomic mass is 16.4. The van der Waals surface area contributed by atoms with Crippen LogP contribution in [-0.4, -0.2) is 24.2 Å². The van der Waals surface area contributed by atoms with Crippen LogP contribution < -0.4 is 10.9 Å². The summed E-state index contributed by atoms with van der Waals surface area (Å²) < 4.78 is 5.36. The van der Waals surface area contributed by atoms with Crippen molar-refractivity contribution in [1.82, 2.24) is 10.9 Å². The Balaban J connectivity index is 1.11. The third-order valence-corrected chi connectivity index (χ3v) is 6.58. The molecule has 1 aromatic rings. The van der Waals surface area contributed by atoms with Crippen molar-refractivity contribution < 1.29 is 14.0 Å². The standard InChI is InChI=1S/C22H24N4O3/c27-21(25-23-11-17-9-13-1-3-15(17)7-13)19-5-6-20(29-19)22(28)26-24-12-18-10-14-2-4-16(18)8-14/h1-6,11-18H,7-10H2,(H,25,27)(H,26,28)/b23-11-,24-12-/t13-,14-,15-,16-,17+,18+/m1/s1. The summed E-state index contributed by atoms with van der Waals surface area (Å²) in [5, 5.41) is 8.13. The van der Waals surface area contributed by atoms with E-state index in [1.54, 1.807) is 0 Å². The monoisotopic (exact) mass is 392 g/mol. The number of carbonyl (C=O) groups is 2. The molecule has 4 aliphatic carbocycles. The van der Waals surface area contributed by atoms with Crippen molar-refractivity contribution in [2.75, 3.05) is 0 Å². The van der Waals surface area contributed by atoms with Gasteiger partial charge in [-0.15, -0.1) is 0 Å². The van der Waals surface area contributed by atoms with Crippen molar-refractivity contribution in [2.24, 2.45) is 45.7 Å². The summed E-state index contributed by atoms with van der Waals surface area (Å²) in [4.78, 5) is 24.4. The first-order valence-corrected chi connectivity index (χ1v) is 10.3. The number of hydrazone groups is 2. The van der Waals surface area contributed by atoms with Crippen LogP contribution in [0.25, 0.3) is 0 Å². The molecule has 0 spiro atoms. The number of allylic oxidation sites excluding steroid dienone is 4. The largest absolute Gasteiger partial charge is 0.446 e. The van der Waals surface area contributed by atoms with Crippen molar-refractivity contribution in [3.8, 4) is 0 Å². The van der Waals surface area contributed by atoms with Gasteiger partial charge in [-0.1, -0.05) is 24.3 Å². The van der Waals surface area contributed by atoms with E-state index >= 15 is 0 Å². The number of amides is 2. The number of nitrogens with one attached hydrogen (secondary N) is 2. The normalized spacial score (nSPS) is 34.1. The van der Waals surface area contributed by atoms with E-state index < -0.39 is 11.8 Å². The van der Waals surface area contributed by atoms with Crippen LogP contribution >= 0.6 is 0 Å². The number of rotatable bonds is 6. The second kappa shape index (κ2) is 7.46. The average Bonchev–Trinajstić information content (AvgIpc) is 3.54. The second-order valence-corrected chi connectivity index (χ2v) is 8.49. The number of hydrogen-bond acceptors (Lipinski definition) is 5. The molecule has 2 N–H and O–H groups in total. The van der Waals surface area contributed by atoms with Gasteiger partial charge in [-0.25, -0.2) is 10.9 Å². The van der Waals surface area contributed by atoms with Gasteiger partial charge in [-0.05, 0) is 61.5 Å². The Morgan fingerprint density at radius 1 is 0.793 bits per heavy atom. The van der Waals surface area contributed by atoms with Crippen molar-refractivity contribution in [2.45, 2.75) is 25.7 Å². The fourth-order valence-electron chi connectivity index (χ4n) is 5.06. The molecule has 1 heterocycles. The van der Waals surface area contributed by atoms with E-state index in [1.807, 2.05) is 12.4 Å². The predicted molar refractivity (Wildman–Crippen MR) is 108 cm³/mol. The van der Waals surface area contributed by atoms with Gasteiger partial charge in [-0.3, -0.25) is 9.59 Å². The quantitative estimate of drug-likeness (QED) is 0.442. The topological polar surface area (TPSA) is 96.1 Å². The Morgan fingerprint density at radius 3 is 1.66 bits per heavy atom. The third kappa shape index (κ3) is 3.69. The molecule has 0 radical (unpaired) electrons. The minimum Gasteiger partial charge on any atom is -0.446 e. The van der Waals surface area contributed by atoms with E-state index in [-0.39, 0.29) is 11.5 Å². The highest BCUT2D eigenvalue weighted by Crippen LogP contribution is 2.43. The summed E-state index contributed by atoms with van der Waals surface area (Å²) in [5.41, 5.74) is 4.96. The summed E-state index contributed by atoms with van der Waals surface area (Å²) >= 11 is 0. The van der Waals surface area contributed by atoms with Crippen molar-refractivity contribution in [3.05, 3.63) is 48.0 Å². The van der Waals surface area contributed by atoms with Gasteiger partial charge in [-0.2, -0.15) is 10.2 Å². The summed E-state index contributed by atoms with van der Waals surface area (Å²) in [7, 11) is 0. The average molecular weight is 392 g/mol. The maximum Gasteiger partial charge on any atom is 0.307 e. The van der Waals surface area contributed by atoms with Crippen molar-refractivity contribution in [1.29, 1.82) is 0 Å². The molecule has 4 bridgehead atoms. The Kier molecular flexibility index (Phi) is 4.66. The first-order valence-electron chi connectivity index (χ1n) is 10.3. The molecule has 7 nitrogen and oxygen atoms in total. The molecule has 0 saturated heterocycles. The molecule has 4 aliphatic rings. The molecule has 0 unspecified atom stereocenters. The molecule has 7 heteroatoms. The molecule has 2 amide bonds. The number of hydrogen-bond donors (Lipinski definition) is 2. The van der Waals surface area contributed by atoms with Crippen LogP contribution in [-0.2, 0) is 0 Å². The molecule has 0 aromatic carbocycles. The van der Waals surface area contributed by atoms with Crippen LogP contribution in [0.5, 0.6) is 0 Å². The fraction of sp³-hybridized carbons (Fsp3) is 0.455. The third-order valence-electron chi connectivity index (χ3n) is 6.58. The lowest BCUT2D eigenvalue weighted by Crippen LogP contribution is -2.20. The molecule has 150 valence electrons. The minimum atomic E-state index is -0.476. The van der Waals surface area contributed by atoms with Gasteiger partial charge < -0.3 is 4.42 Å². The molecular weight excluding hydrogens is 368 g/mol. The van der Waals surface area contributed by atoms with E-state index in [1.165, 1.54) is 25.0 Å². The lowest BCUT2D eigenvalue weighted by Gasteiger charge is -2.11. The van der Waals surface area contributed by atoms with E-state index in [9.17, 15) is 9.59 Å². The molecule has 2 fully saturated rings. The summed E-state index contributed by atoms with van der Waals surface area (Å²) in [6.07, 6.45) is 17.2. The Morgan fingerprint density at radius 2 is 1.28 bits per heavy atom. The second-order valence-electron chi connectivity index (χ2n) is 8.49. The van der Waals surface area contributed by atoms with E-state index in [0.717, 1.165) is 12.8 Å². The number of nitrogens with zero attached hydrogens (tertiary/aromatic N) is 2. The van der Waals surface area contributed by atoms with Crippen LogP contribution in [0.1, 0.15) is 46.8 Å². The zero-order valence-corrected chi connectivity index (χ0v) is 16.0. The summed E-state index contributed by atoms with van der Waals surface area (Å²) in [5.74, 6) is 2.28. The van der Waals surface area contributed by atoms with Crippen LogP contribution in [0, 0.1) is 35.5 Å². The zero-order chi connectivity index (χ0) is 19.8.